The first-order valence-electron chi connectivity index (χ1n) is 10.8. The molecule has 0 atom stereocenters. The van der Waals surface area contributed by atoms with Gasteiger partial charge in [-0.15, -0.1) is 0 Å². The Morgan fingerprint density at radius 3 is 1.64 bits per heavy atom. The molecule has 0 bridgehead atoms. The van der Waals surface area contributed by atoms with Crippen molar-refractivity contribution in [3.63, 3.8) is 0 Å². The van der Waals surface area contributed by atoms with Crippen LogP contribution in [0.15, 0.2) is 4.99 Å². The number of aliphatic hydroxyl groups is 1. The zero-order valence-electron chi connectivity index (χ0n) is 16.4. The summed E-state index contributed by atoms with van der Waals surface area (Å²) in [6.07, 6.45) is 21.3. The van der Waals surface area contributed by atoms with Crippen molar-refractivity contribution in [2.75, 3.05) is 26.6 Å². The average molecular weight is 356 g/mol. The number of hydrogen-bond acceptors (Lipinski definition) is 4. The first-order valence-corrected chi connectivity index (χ1v) is 10.8. The lowest BCUT2D eigenvalue weighted by atomic mass is 10.0. The molecule has 1 aliphatic heterocycles. The maximum absolute atomic E-state index is 8.50. The molecular weight excluding hydrogens is 314 g/mol. The van der Waals surface area contributed by atoms with Crippen LogP contribution in [0.2, 0.25) is 0 Å². The molecule has 0 aliphatic carbocycles. The molecule has 0 aromatic rings. The summed E-state index contributed by atoms with van der Waals surface area (Å²) in [5.41, 5.74) is 0. The van der Waals surface area contributed by atoms with Crippen molar-refractivity contribution in [2.24, 2.45) is 4.99 Å². The van der Waals surface area contributed by atoms with E-state index in [2.05, 4.69) is 4.99 Å². The molecule has 0 aromatic heterocycles. The van der Waals surface area contributed by atoms with Crippen molar-refractivity contribution < 1.29 is 14.6 Å². The minimum absolute atomic E-state index is 0.133. The second-order valence-corrected chi connectivity index (χ2v) is 7.21. The maximum atomic E-state index is 8.50. The Bertz CT molecular complexity index is 308. The SMILES string of the molecule is OCOCCCCCCCCCCCCCCCCCC1=NCCO1. The largest absolute Gasteiger partial charge is 0.479 e. The number of rotatable bonds is 19. The maximum Gasteiger partial charge on any atom is 0.183 e. The summed E-state index contributed by atoms with van der Waals surface area (Å²) in [5, 5.41) is 8.50. The lowest BCUT2D eigenvalue weighted by Gasteiger charge is -2.04. The van der Waals surface area contributed by atoms with Gasteiger partial charge in [0.25, 0.3) is 0 Å². The van der Waals surface area contributed by atoms with Crippen LogP contribution in [0.3, 0.4) is 0 Å². The molecule has 1 heterocycles. The molecule has 0 aromatic carbocycles. The smallest absolute Gasteiger partial charge is 0.183 e. The highest BCUT2D eigenvalue weighted by Gasteiger charge is 2.05. The van der Waals surface area contributed by atoms with Gasteiger partial charge in [-0.2, -0.15) is 0 Å². The van der Waals surface area contributed by atoms with Gasteiger partial charge in [0.05, 0.1) is 6.54 Å². The van der Waals surface area contributed by atoms with Crippen LogP contribution in [0.4, 0.5) is 0 Å². The van der Waals surface area contributed by atoms with E-state index < -0.39 is 0 Å². The Balaban J connectivity index is 1.64. The summed E-state index contributed by atoms with van der Waals surface area (Å²) in [5.74, 6) is 0.996. The van der Waals surface area contributed by atoms with Gasteiger partial charge < -0.3 is 14.6 Å². The van der Waals surface area contributed by atoms with Crippen LogP contribution in [-0.4, -0.2) is 37.6 Å². The number of aliphatic hydroxyl groups excluding tert-OH is 1. The summed E-state index contributed by atoms with van der Waals surface area (Å²) in [4.78, 5) is 4.33. The van der Waals surface area contributed by atoms with Gasteiger partial charge >= 0.3 is 0 Å². The quantitative estimate of drug-likeness (QED) is 0.241. The molecule has 1 N–H and O–H groups in total. The zero-order valence-corrected chi connectivity index (χ0v) is 16.4. The predicted octanol–water partition coefficient (Wildman–Crippen LogP) is 5.62. The van der Waals surface area contributed by atoms with E-state index in [1.54, 1.807) is 0 Å². The van der Waals surface area contributed by atoms with Crippen molar-refractivity contribution in [1.82, 2.24) is 0 Å². The fourth-order valence-electron chi connectivity index (χ4n) is 3.37. The van der Waals surface area contributed by atoms with E-state index in [9.17, 15) is 0 Å². The van der Waals surface area contributed by atoms with Crippen molar-refractivity contribution in [2.45, 2.75) is 103 Å². The lowest BCUT2D eigenvalue weighted by molar-refractivity contribution is -0.00284. The third kappa shape index (κ3) is 15.4. The normalized spacial score (nSPS) is 13.9. The highest BCUT2D eigenvalue weighted by atomic mass is 16.6. The standard InChI is InChI=1S/C21H41NO3/c23-20-24-18-15-13-11-9-7-5-3-1-2-4-6-8-10-12-14-16-21-22-17-19-25-21/h23H,1-20H2. The van der Waals surface area contributed by atoms with E-state index in [0.717, 1.165) is 31.9 Å². The van der Waals surface area contributed by atoms with Crippen molar-refractivity contribution in [3.05, 3.63) is 0 Å². The highest BCUT2D eigenvalue weighted by molar-refractivity contribution is 5.77. The van der Waals surface area contributed by atoms with Gasteiger partial charge in [0, 0.05) is 13.0 Å². The van der Waals surface area contributed by atoms with Crippen LogP contribution < -0.4 is 0 Å². The topological polar surface area (TPSA) is 51.0 Å². The molecule has 1 rings (SSSR count). The fraction of sp³-hybridized carbons (Fsp3) is 0.952. The monoisotopic (exact) mass is 355 g/mol. The Labute approximate surface area is 155 Å². The van der Waals surface area contributed by atoms with Gasteiger partial charge in [0.1, 0.15) is 13.4 Å². The zero-order chi connectivity index (χ0) is 17.8. The van der Waals surface area contributed by atoms with Crippen molar-refractivity contribution in [3.8, 4) is 0 Å². The van der Waals surface area contributed by atoms with Gasteiger partial charge in [-0.1, -0.05) is 83.5 Å². The van der Waals surface area contributed by atoms with Crippen LogP contribution in [0.25, 0.3) is 0 Å². The molecule has 0 amide bonds. The summed E-state index contributed by atoms with van der Waals surface area (Å²) >= 11 is 0. The van der Waals surface area contributed by atoms with Crippen molar-refractivity contribution >= 4 is 5.90 Å². The summed E-state index contributed by atoms with van der Waals surface area (Å²) in [7, 11) is 0. The molecular formula is C21H41NO3. The van der Waals surface area contributed by atoms with Crippen LogP contribution >= 0.6 is 0 Å². The molecule has 0 saturated heterocycles. The molecule has 25 heavy (non-hydrogen) atoms. The minimum atomic E-state index is -0.133. The van der Waals surface area contributed by atoms with Crippen LogP contribution in [0.1, 0.15) is 103 Å². The molecule has 0 saturated carbocycles. The van der Waals surface area contributed by atoms with Gasteiger partial charge in [-0.05, 0) is 12.8 Å². The highest BCUT2D eigenvalue weighted by Crippen LogP contribution is 2.14. The summed E-state index contributed by atoms with van der Waals surface area (Å²) in [6.45, 7) is 2.25. The molecule has 4 nitrogen and oxygen atoms in total. The van der Waals surface area contributed by atoms with E-state index in [4.69, 9.17) is 14.6 Å². The fourth-order valence-corrected chi connectivity index (χ4v) is 3.37. The first kappa shape index (κ1) is 22.4. The first-order chi connectivity index (χ1) is 12.4. The molecule has 0 unspecified atom stereocenters. The minimum Gasteiger partial charge on any atom is -0.479 e. The van der Waals surface area contributed by atoms with E-state index >= 15 is 0 Å². The number of ether oxygens (including phenoxy) is 2. The Hall–Kier alpha value is -0.610. The molecule has 0 radical (unpaired) electrons. The predicted molar refractivity (Wildman–Crippen MR) is 105 cm³/mol. The third-order valence-corrected chi connectivity index (χ3v) is 4.92. The molecule has 0 fully saturated rings. The van der Waals surface area contributed by atoms with Crippen LogP contribution in [0.5, 0.6) is 0 Å². The van der Waals surface area contributed by atoms with E-state index in [-0.39, 0.29) is 6.79 Å². The molecule has 4 heteroatoms. The molecule has 1 aliphatic rings. The number of aliphatic imine (C=N–C) groups is 1. The second kappa shape index (κ2) is 18.2. The Kier molecular flexibility index (Phi) is 16.3. The van der Waals surface area contributed by atoms with E-state index in [0.29, 0.717) is 6.61 Å². The number of unbranched alkanes of at least 4 members (excludes halogenated alkanes) is 14. The van der Waals surface area contributed by atoms with Gasteiger partial charge in [0.15, 0.2) is 5.90 Å². The van der Waals surface area contributed by atoms with Gasteiger partial charge in [0.2, 0.25) is 0 Å². The van der Waals surface area contributed by atoms with Crippen LogP contribution in [0, 0.1) is 0 Å². The Morgan fingerprint density at radius 2 is 1.20 bits per heavy atom. The third-order valence-electron chi connectivity index (χ3n) is 4.92. The lowest BCUT2D eigenvalue weighted by Crippen LogP contribution is -1.98. The number of hydrogen-bond donors (Lipinski definition) is 1. The Morgan fingerprint density at radius 1 is 0.720 bits per heavy atom. The molecule has 148 valence electrons. The van der Waals surface area contributed by atoms with Crippen molar-refractivity contribution in [1.29, 1.82) is 0 Å². The number of nitrogens with zero attached hydrogens (tertiary/aromatic N) is 1. The summed E-state index contributed by atoms with van der Waals surface area (Å²) < 4.78 is 10.3. The van der Waals surface area contributed by atoms with E-state index in [1.807, 2.05) is 0 Å². The molecule has 0 spiro atoms. The summed E-state index contributed by atoms with van der Waals surface area (Å²) in [6, 6.07) is 0. The van der Waals surface area contributed by atoms with Gasteiger partial charge in [-0.25, -0.2) is 0 Å². The average Bonchev–Trinajstić information content (AvgIpc) is 3.14. The van der Waals surface area contributed by atoms with Gasteiger partial charge in [-0.3, -0.25) is 4.99 Å². The van der Waals surface area contributed by atoms with Crippen LogP contribution in [-0.2, 0) is 9.47 Å². The second-order valence-electron chi connectivity index (χ2n) is 7.21. The van der Waals surface area contributed by atoms with E-state index in [1.165, 1.54) is 89.9 Å².